The minimum absolute atomic E-state index is 0.0365. The smallest absolute Gasteiger partial charge is 0.234 e. The monoisotopic (exact) mass is 329 g/mol. The van der Waals surface area contributed by atoms with Crippen LogP contribution in [-0.2, 0) is 16.0 Å². The van der Waals surface area contributed by atoms with Gasteiger partial charge in [0, 0.05) is 19.5 Å². The van der Waals surface area contributed by atoms with Crippen LogP contribution in [0.3, 0.4) is 0 Å². The number of amides is 2. The molecule has 2 fully saturated rings. The summed E-state index contributed by atoms with van der Waals surface area (Å²) in [4.78, 5) is 28.4. The van der Waals surface area contributed by atoms with Gasteiger partial charge in [-0.1, -0.05) is 36.8 Å². The van der Waals surface area contributed by atoms with E-state index in [0.717, 1.165) is 26.1 Å². The van der Waals surface area contributed by atoms with Gasteiger partial charge in [-0.2, -0.15) is 0 Å². The molecule has 5 heteroatoms. The summed E-state index contributed by atoms with van der Waals surface area (Å²) in [5, 5.41) is 3.04. The summed E-state index contributed by atoms with van der Waals surface area (Å²) in [5.41, 5.74) is 1.24. The molecule has 3 rings (SSSR count). The standard InChI is InChI=1S/C19H27N3O2/c23-18(15-21-10-5-2-6-11-21)20-17-13-19(24)22(14-17)12-9-16-7-3-1-4-8-16/h1,3-4,7-8,17H,2,5-6,9-15H2,(H,20,23)/t17-/m0/s1. The van der Waals surface area contributed by atoms with Crippen LogP contribution in [0.15, 0.2) is 30.3 Å². The zero-order valence-corrected chi connectivity index (χ0v) is 14.2. The Kier molecular flexibility index (Phi) is 5.86. The van der Waals surface area contributed by atoms with Crippen LogP contribution in [-0.4, -0.2) is 60.4 Å². The van der Waals surface area contributed by atoms with Gasteiger partial charge in [-0.15, -0.1) is 0 Å². The number of nitrogens with one attached hydrogen (secondary N) is 1. The molecule has 0 unspecified atom stereocenters. The molecule has 2 saturated heterocycles. The molecule has 1 N–H and O–H groups in total. The Morgan fingerprint density at radius 2 is 1.88 bits per heavy atom. The average molecular weight is 329 g/mol. The predicted octanol–water partition coefficient (Wildman–Crippen LogP) is 1.43. The molecular weight excluding hydrogens is 302 g/mol. The first-order valence-corrected chi connectivity index (χ1v) is 9.04. The van der Waals surface area contributed by atoms with E-state index in [-0.39, 0.29) is 17.9 Å². The minimum Gasteiger partial charge on any atom is -0.350 e. The number of carbonyl (C=O) groups excluding carboxylic acids is 2. The van der Waals surface area contributed by atoms with Gasteiger partial charge in [0.15, 0.2) is 0 Å². The Morgan fingerprint density at radius 1 is 1.12 bits per heavy atom. The molecule has 0 radical (unpaired) electrons. The van der Waals surface area contributed by atoms with E-state index < -0.39 is 0 Å². The largest absolute Gasteiger partial charge is 0.350 e. The summed E-state index contributed by atoms with van der Waals surface area (Å²) in [7, 11) is 0. The molecular formula is C19H27N3O2. The summed E-state index contributed by atoms with van der Waals surface area (Å²) in [6.07, 6.45) is 4.93. The molecule has 24 heavy (non-hydrogen) atoms. The maximum atomic E-state index is 12.2. The SMILES string of the molecule is O=C(CN1CCCCC1)N[C@H]1CC(=O)N(CCc2ccccc2)C1. The van der Waals surface area contributed by atoms with Crippen LogP contribution < -0.4 is 5.32 Å². The minimum atomic E-state index is -0.0365. The third-order valence-corrected chi connectivity index (χ3v) is 4.91. The fraction of sp³-hybridized carbons (Fsp3) is 0.579. The zero-order chi connectivity index (χ0) is 16.8. The van der Waals surface area contributed by atoms with Gasteiger partial charge in [-0.05, 0) is 37.9 Å². The first-order valence-electron chi connectivity index (χ1n) is 9.04. The summed E-state index contributed by atoms with van der Waals surface area (Å²) in [6, 6.07) is 10.2. The van der Waals surface area contributed by atoms with E-state index in [4.69, 9.17) is 0 Å². The van der Waals surface area contributed by atoms with Crippen molar-refractivity contribution in [1.29, 1.82) is 0 Å². The fourth-order valence-corrected chi connectivity index (χ4v) is 3.59. The molecule has 2 aliphatic rings. The Hall–Kier alpha value is -1.88. The molecule has 0 aromatic heterocycles. The molecule has 5 nitrogen and oxygen atoms in total. The van der Waals surface area contributed by atoms with Gasteiger partial charge in [0.2, 0.25) is 11.8 Å². The molecule has 0 spiro atoms. The molecule has 1 atom stereocenters. The second-order valence-corrected chi connectivity index (χ2v) is 6.88. The first-order chi connectivity index (χ1) is 11.7. The highest BCUT2D eigenvalue weighted by Crippen LogP contribution is 2.13. The number of carbonyl (C=O) groups is 2. The normalized spacial score (nSPS) is 21.9. The first kappa shape index (κ1) is 17.0. The van der Waals surface area contributed by atoms with Gasteiger partial charge in [-0.25, -0.2) is 0 Å². The van der Waals surface area contributed by atoms with E-state index in [1.807, 2.05) is 23.1 Å². The summed E-state index contributed by atoms with van der Waals surface area (Å²) in [6.45, 7) is 3.86. The molecule has 0 aliphatic carbocycles. The predicted molar refractivity (Wildman–Crippen MR) is 93.6 cm³/mol. The van der Waals surface area contributed by atoms with E-state index in [2.05, 4.69) is 22.3 Å². The van der Waals surface area contributed by atoms with E-state index >= 15 is 0 Å². The van der Waals surface area contributed by atoms with Crippen molar-refractivity contribution in [2.75, 3.05) is 32.7 Å². The Balaban J connectivity index is 1.41. The third-order valence-electron chi connectivity index (χ3n) is 4.91. The quantitative estimate of drug-likeness (QED) is 0.859. The lowest BCUT2D eigenvalue weighted by Gasteiger charge is -2.26. The second-order valence-electron chi connectivity index (χ2n) is 6.88. The number of likely N-dealkylation sites (tertiary alicyclic amines) is 2. The molecule has 2 aliphatic heterocycles. The number of benzene rings is 1. The maximum absolute atomic E-state index is 12.2. The molecule has 130 valence electrons. The van der Waals surface area contributed by atoms with Crippen LogP contribution in [0, 0.1) is 0 Å². The van der Waals surface area contributed by atoms with Crippen LogP contribution in [0.4, 0.5) is 0 Å². The molecule has 2 heterocycles. The van der Waals surface area contributed by atoms with Gasteiger partial charge < -0.3 is 10.2 Å². The Morgan fingerprint density at radius 3 is 2.62 bits per heavy atom. The van der Waals surface area contributed by atoms with Gasteiger partial charge >= 0.3 is 0 Å². The van der Waals surface area contributed by atoms with Crippen molar-refractivity contribution < 1.29 is 9.59 Å². The van der Waals surface area contributed by atoms with Gasteiger partial charge in [0.05, 0.1) is 12.6 Å². The lowest BCUT2D eigenvalue weighted by Crippen LogP contribution is -2.44. The molecule has 0 saturated carbocycles. The van der Waals surface area contributed by atoms with Crippen molar-refractivity contribution >= 4 is 11.8 Å². The molecule has 1 aromatic rings. The van der Waals surface area contributed by atoms with Crippen LogP contribution in [0.2, 0.25) is 0 Å². The van der Waals surface area contributed by atoms with E-state index in [1.165, 1.54) is 24.8 Å². The Bertz CT molecular complexity index is 555. The van der Waals surface area contributed by atoms with Crippen LogP contribution in [0.5, 0.6) is 0 Å². The summed E-state index contributed by atoms with van der Waals surface area (Å²) < 4.78 is 0. The third kappa shape index (κ3) is 4.81. The highest BCUT2D eigenvalue weighted by Gasteiger charge is 2.30. The van der Waals surface area contributed by atoms with Gasteiger partial charge in [0.1, 0.15) is 0 Å². The van der Waals surface area contributed by atoms with E-state index in [9.17, 15) is 9.59 Å². The van der Waals surface area contributed by atoms with Crippen LogP contribution in [0.1, 0.15) is 31.2 Å². The second kappa shape index (κ2) is 8.29. The number of hydrogen-bond donors (Lipinski definition) is 1. The fourth-order valence-electron chi connectivity index (χ4n) is 3.59. The topological polar surface area (TPSA) is 52.7 Å². The van der Waals surface area contributed by atoms with Crippen molar-refractivity contribution in [1.82, 2.24) is 15.1 Å². The maximum Gasteiger partial charge on any atom is 0.234 e. The molecule has 1 aromatic carbocycles. The summed E-state index contributed by atoms with van der Waals surface area (Å²) in [5.74, 6) is 0.203. The van der Waals surface area contributed by atoms with Crippen molar-refractivity contribution in [2.24, 2.45) is 0 Å². The van der Waals surface area contributed by atoms with Crippen molar-refractivity contribution in [3.05, 3.63) is 35.9 Å². The number of nitrogens with zero attached hydrogens (tertiary/aromatic N) is 2. The highest BCUT2D eigenvalue weighted by molar-refractivity contribution is 5.83. The summed E-state index contributed by atoms with van der Waals surface area (Å²) >= 11 is 0. The lowest BCUT2D eigenvalue weighted by molar-refractivity contribution is -0.127. The lowest BCUT2D eigenvalue weighted by atomic mass is 10.1. The van der Waals surface area contributed by atoms with E-state index in [0.29, 0.717) is 19.5 Å². The number of piperidine rings is 1. The Labute approximate surface area is 144 Å². The van der Waals surface area contributed by atoms with Crippen LogP contribution in [0.25, 0.3) is 0 Å². The van der Waals surface area contributed by atoms with Crippen molar-refractivity contribution in [2.45, 2.75) is 38.1 Å². The van der Waals surface area contributed by atoms with Crippen molar-refractivity contribution in [3.8, 4) is 0 Å². The molecule has 0 bridgehead atoms. The number of rotatable bonds is 6. The van der Waals surface area contributed by atoms with Crippen LogP contribution >= 0.6 is 0 Å². The van der Waals surface area contributed by atoms with Crippen molar-refractivity contribution in [3.63, 3.8) is 0 Å². The number of hydrogen-bond acceptors (Lipinski definition) is 3. The highest BCUT2D eigenvalue weighted by atomic mass is 16.2. The van der Waals surface area contributed by atoms with E-state index in [1.54, 1.807) is 0 Å². The zero-order valence-electron chi connectivity index (χ0n) is 14.2. The van der Waals surface area contributed by atoms with Gasteiger partial charge in [-0.3, -0.25) is 14.5 Å². The average Bonchev–Trinajstić information content (AvgIpc) is 2.94. The molecule has 2 amide bonds. The van der Waals surface area contributed by atoms with Gasteiger partial charge in [0.25, 0.3) is 0 Å².